The highest BCUT2D eigenvalue weighted by molar-refractivity contribution is 5.77. The maximum Gasteiger partial charge on any atom is 0.223 e. The van der Waals surface area contributed by atoms with E-state index in [1.165, 1.54) is 38.5 Å². The topological polar surface area (TPSA) is 46.3 Å². The second-order valence-corrected chi connectivity index (χ2v) is 7.41. The molecule has 5 unspecified atom stereocenters. The zero-order valence-corrected chi connectivity index (χ0v) is 12.9. The number of hydrogen-bond donors (Lipinski definition) is 1. The van der Waals surface area contributed by atoms with Crippen LogP contribution in [-0.2, 0) is 4.79 Å². The lowest BCUT2D eigenvalue weighted by atomic mass is 9.84. The van der Waals surface area contributed by atoms with E-state index in [1.54, 1.807) is 0 Å². The molecule has 3 nitrogen and oxygen atoms in total. The average Bonchev–Trinajstić information content (AvgIpc) is 3.09. The number of likely N-dealkylation sites (tertiary alicyclic amines) is 1. The summed E-state index contributed by atoms with van der Waals surface area (Å²) >= 11 is 0. The van der Waals surface area contributed by atoms with Gasteiger partial charge in [-0.05, 0) is 55.8 Å². The summed E-state index contributed by atoms with van der Waals surface area (Å²) in [4.78, 5) is 14.8. The van der Waals surface area contributed by atoms with E-state index < -0.39 is 0 Å². The number of nitrogens with two attached hydrogens (primary N) is 1. The monoisotopic (exact) mass is 278 g/mol. The van der Waals surface area contributed by atoms with E-state index in [9.17, 15) is 4.79 Å². The third kappa shape index (κ3) is 2.74. The van der Waals surface area contributed by atoms with Gasteiger partial charge >= 0.3 is 0 Å². The molecule has 3 rings (SSSR count). The maximum atomic E-state index is 12.7. The normalized spacial score (nSPS) is 40.3. The van der Waals surface area contributed by atoms with Gasteiger partial charge in [-0.2, -0.15) is 0 Å². The van der Waals surface area contributed by atoms with Crippen LogP contribution in [0.15, 0.2) is 0 Å². The molecule has 1 saturated heterocycles. The SMILES string of the molecule is CCC1CCN(C(=O)CC2CC3CCC2C3)C(CN)C1. The summed E-state index contributed by atoms with van der Waals surface area (Å²) in [7, 11) is 0. The second-order valence-electron chi connectivity index (χ2n) is 7.41. The number of carbonyl (C=O) groups excluding carboxylic acids is 1. The molecule has 2 N–H and O–H groups in total. The number of nitrogens with zero attached hydrogens (tertiary/aromatic N) is 1. The Hall–Kier alpha value is -0.570. The first-order chi connectivity index (χ1) is 9.71. The molecule has 3 fully saturated rings. The van der Waals surface area contributed by atoms with Crippen molar-refractivity contribution in [2.45, 2.75) is 64.3 Å². The number of rotatable bonds is 4. The van der Waals surface area contributed by atoms with Crippen molar-refractivity contribution in [1.29, 1.82) is 0 Å². The van der Waals surface area contributed by atoms with Crippen LogP contribution in [0.3, 0.4) is 0 Å². The third-order valence-electron chi connectivity index (χ3n) is 6.32. The van der Waals surface area contributed by atoms with Crippen molar-refractivity contribution in [2.75, 3.05) is 13.1 Å². The Balaban J connectivity index is 1.56. The van der Waals surface area contributed by atoms with E-state index in [0.717, 1.165) is 37.1 Å². The Morgan fingerprint density at radius 1 is 1.20 bits per heavy atom. The molecule has 2 saturated carbocycles. The highest BCUT2D eigenvalue weighted by Gasteiger charge is 2.41. The molecule has 5 atom stereocenters. The third-order valence-corrected chi connectivity index (χ3v) is 6.32. The van der Waals surface area contributed by atoms with Gasteiger partial charge in [-0.1, -0.05) is 19.8 Å². The predicted octanol–water partition coefficient (Wildman–Crippen LogP) is 2.79. The van der Waals surface area contributed by atoms with Crippen LogP contribution in [0.25, 0.3) is 0 Å². The molecular formula is C17H30N2O. The summed E-state index contributed by atoms with van der Waals surface area (Å²) in [6.07, 6.45) is 9.83. The number of carbonyl (C=O) groups is 1. The van der Waals surface area contributed by atoms with Gasteiger partial charge in [0.05, 0.1) is 0 Å². The van der Waals surface area contributed by atoms with Gasteiger partial charge in [-0.25, -0.2) is 0 Å². The van der Waals surface area contributed by atoms with Gasteiger partial charge in [-0.15, -0.1) is 0 Å². The molecule has 0 aromatic carbocycles. The van der Waals surface area contributed by atoms with Crippen LogP contribution < -0.4 is 5.73 Å². The zero-order chi connectivity index (χ0) is 14.1. The van der Waals surface area contributed by atoms with Gasteiger partial charge in [0.25, 0.3) is 0 Å². The second kappa shape index (κ2) is 6.05. The molecule has 3 aliphatic rings. The molecule has 0 spiro atoms. The molecule has 20 heavy (non-hydrogen) atoms. The van der Waals surface area contributed by atoms with Crippen LogP contribution in [0.2, 0.25) is 0 Å². The minimum absolute atomic E-state index is 0.305. The Labute approximate surface area is 123 Å². The minimum Gasteiger partial charge on any atom is -0.338 e. The first kappa shape index (κ1) is 14.4. The molecule has 0 aromatic rings. The van der Waals surface area contributed by atoms with Crippen LogP contribution in [0.1, 0.15) is 58.3 Å². The van der Waals surface area contributed by atoms with Gasteiger partial charge in [0.1, 0.15) is 0 Å². The average molecular weight is 278 g/mol. The van der Waals surface area contributed by atoms with Crippen molar-refractivity contribution in [3.8, 4) is 0 Å². The first-order valence-corrected chi connectivity index (χ1v) is 8.70. The Morgan fingerprint density at radius 2 is 2.05 bits per heavy atom. The minimum atomic E-state index is 0.305. The lowest BCUT2D eigenvalue weighted by Gasteiger charge is -2.39. The van der Waals surface area contributed by atoms with Crippen molar-refractivity contribution in [2.24, 2.45) is 29.4 Å². The van der Waals surface area contributed by atoms with Crippen LogP contribution in [0.5, 0.6) is 0 Å². The van der Waals surface area contributed by atoms with E-state index in [1.807, 2.05) is 0 Å². The van der Waals surface area contributed by atoms with Crippen molar-refractivity contribution in [1.82, 2.24) is 4.90 Å². The summed E-state index contributed by atoms with van der Waals surface area (Å²) in [5.74, 6) is 3.65. The van der Waals surface area contributed by atoms with E-state index in [0.29, 0.717) is 24.4 Å². The van der Waals surface area contributed by atoms with Gasteiger partial charge in [0.15, 0.2) is 0 Å². The van der Waals surface area contributed by atoms with Gasteiger partial charge < -0.3 is 10.6 Å². The molecule has 0 aromatic heterocycles. The van der Waals surface area contributed by atoms with Crippen molar-refractivity contribution in [3.63, 3.8) is 0 Å². The fraction of sp³-hybridized carbons (Fsp3) is 0.941. The first-order valence-electron chi connectivity index (χ1n) is 8.70. The van der Waals surface area contributed by atoms with Gasteiger partial charge in [0, 0.05) is 25.6 Å². The Kier molecular flexibility index (Phi) is 4.34. The van der Waals surface area contributed by atoms with E-state index in [2.05, 4.69) is 11.8 Å². The molecule has 0 radical (unpaired) electrons. The summed E-state index contributed by atoms with van der Waals surface area (Å²) in [5.41, 5.74) is 5.92. The van der Waals surface area contributed by atoms with E-state index in [4.69, 9.17) is 5.73 Å². The predicted molar refractivity (Wildman–Crippen MR) is 81.1 cm³/mol. The molecule has 1 amide bonds. The number of hydrogen-bond acceptors (Lipinski definition) is 2. The van der Waals surface area contributed by atoms with Crippen molar-refractivity contribution >= 4 is 5.91 Å². The Morgan fingerprint density at radius 3 is 2.65 bits per heavy atom. The lowest BCUT2D eigenvalue weighted by molar-refractivity contribution is -0.136. The smallest absolute Gasteiger partial charge is 0.223 e. The summed E-state index contributed by atoms with van der Waals surface area (Å²) in [6, 6.07) is 0.305. The quantitative estimate of drug-likeness (QED) is 0.859. The van der Waals surface area contributed by atoms with Gasteiger partial charge in [0.2, 0.25) is 5.91 Å². The molecule has 2 bridgehead atoms. The molecule has 1 aliphatic heterocycles. The van der Waals surface area contributed by atoms with E-state index in [-0.39, 0.29) is 0 Å². The summed E-state index contributed by atoms with van der Waals surface area (Å²) in [6.45, 7) is 3.84. The highest BCUT2D eigenvalue weighted by atomic mass is 16.2. The van der Waals surface area contributed by atoms with Crippen LogP contribution in [-0.4, -0.2) is 29.9 Å². The van der Waals surface area contributed by atoms with Gasteiger partial charge in [-0.3, -0.25) is 4.79 Å². The van der Waals surface area contributed by atoms with Crippen LogP contribution in [0.4, 0.5) is 0 Å². The highest BCUT2D eigenvalue weighted by Crippen LogP contribution is 2.49. The fourth-order valence-electron chi connectivity index (χ4n) is 5.02. The lowest BCUT2D eigenvalue weighted by Crippen LogP contribution is -2.50. The Bertz CT molecular complexity index is 357. The van der Waals surface area contributed by atoms with Crippen LogP contribution in [0, 0.1) is 23.7 Å². The largest absolute Gasteiger partial charge is 0.338 e. The number of piperidine rings is 1. The summed E-state index contributed by atoms with van der Waals surface area (Å²) in [5, 5.41) is 0. The van der Waals surface area contributed by atoms with Crippen LogP contribution >= 0.6 is 0 Å². The molecular weight excluding hydrogens is 248 g/mol. The maximum absolute atomic E-state index is 12.7. The zero-order valence-electron chi connectivity index (χ0n) is 12.9. The van der Waals surface area contributed by atoms with Crippen molar-refractivity contribution < 1.29 is 4.79 Å². The molecule has 1 heterocycles. The standard InChI is InChI=1S/C17H30N2O/c1-2-12-5-6-19(16(9-12)11-18)17(20)10-15-8-13-3-4-14(15)7-13/h12-16H,2-11,18H2,1H3. The molecule has 114 valence electrons. The fourth-order valence-corrected chi connectivity index (χ4v) is 5.02. The molecule has 2 aliphatic carbocycles. The van der Waals surface area contributed by atoms with E-state index >= 15 is 0 Å². The molecule has 3 heteroatoms. The number of amides is 1. The summed E-state index contributed by atoms with van der Waals surface area (Å²) < 4.78 is 0. The number of fused-ring (bicyclic) bond motifs is 2. The van der Waals surface area contributed by atoms with Crippen molar-refractivity contribution in [3.05, 3.63) is 0 Å².